The third-order valence-corrected chi connectivity index (χ3v) is 13.3. The van der Waals surface area contributed by atoms with Gasteiger partial charge >= 0.3 is 6.03 Å². The van der Waals surface area contributed by atoms with Gasteiger partial charge < -0.3 is 5.32 Å². The third kappa shape index (κ3) is 5.29. The van der Waals surface area contributed by atoms with Crippen LogP contribution < -0.4 is 10.0 Å². The Hall–Kier alpha value is -1.16. The zero-order chi connectivity index (χ0) is 26.9. The van der Waals surface area contributed by atoms with Gasteiger partial charge in [0, 0.05) is 11.4 Å². The van der Waals surface area contributed by atoms with E-state index in [1.165, 1.54) is 81.7 Å². The number of carbonyl (C=O) groups excluding carboxylic acids is 1. The molecule has 1 aromatic rings. The Morgan fingerprint density at radius 3 is 2.63 bits per heavy atom. The molecular formula is C34H54N2OS. The number of amides is 2. The molecule has 4 aliphatic carbocycles. The van der Waals surface area contributed by atoms with Crippen molar-refractivity contribution < 1.29 is 4.79 Å². The van der Waals surface area contributed by atoms with Gasteiger partial charge in [0.2, 0.25) is 0 Å². The number of hydrogen-bond donors (Lipinski definition) is 2. The van der Waals surface area contributed by atoms with Gasteiger partial charge in [-0.25, -0.2) is 4.79 Å². The molecule has 3 nitrogen and oxygen atoms in total. The van der Waals surface area contributed by atoms with Gasteiger partial charge in [0.15, 0.2) is 0 Å². The maximum absolute atomic E-state index is 12.5. The first-order valence-corrected chi connectivity index (χ1v) is 16.9. The summed E-state index contributed by atoms with van der Waals surface area (Å²) in [5.74, 6) is 6.29. The summed E-state index contributed by atoms with van der Waals surface area (Å²) in [6, 6.07) is 8.35. The number of benzene rings is 1. The number of aryl methyl sites for hydroxylation is 1. The summed E-state index contributed by atoms with van der Waals surface area (Å²) in [6.45, 7) is 13.3. The first kappa shape index (κ1) is 28.4. The molecule has 9 atom stereocenters. The Morgan fingerprint density at radius 2 is 1.84 bits per heavy atom. The molecule has 2 amide bonds. The van der Waals surface area contributed by atoms with Crippen LogP contribution in [-0.4, -0.2) is 12.6 Å². The first-order valence-electron chi connectivity index (χ1n) is 16.1. The van der Waals surface area contributed by atoms with Gasteiger partial charge in [0.05, 0.1) is 0 Å². The van der Waals surface area contributed by atoms with Crippen LogP contribution in [-0.2, 0) is 6.42 Å². The van der Waals surface area contributed by atoms with E-state index >= 15 is 0 Å². The fraction of sp³-hybridized carbons (Fsp3) is 0.794. The Kier molecular flexibility index (Phi) is 8.77. The first-order chi connectivity index (χ1) is 18.3. The molecule has 4 fully saturated rings. The van der Waals surface area contributed by atoms with Crippen LogP contribution in [0, 0.1) is 52.3 Å². The van der Waals surface area contributed by atoms with Gasteiger partial charge in [-0.05, 0) is 140 Å². The van der Waals surface area contributed by atoms with Crippen molar-refractivity contribution in [1.82, 2.24) is 10.0 Å². The molecule has 0 heterocycles. The lowest BCUT2D eigenvalue weighted by Gasteiger charge is -2.63. The lowest BCUT2D eigenvalue weighted by atomic mass is 9.42. The van der Waals surface area contributed by atoms with Crippen molar-refractivity contribution in [2.75, 3.05) is 6.54 Å². The lowest BCUT2D eigenvalue weighted by molar-refractivity contribution is -0.138. The second-order valence-electron chi connectivity index (χ2n) is 14.1. The van der Waals surface area contributed by atoms with Crippen LogP contribution in [0.1, 0.15) is 111 Å². The average Bonchev–Trinajstić information content (AvgIpc) is 3.28. The van der Waals surface area contributed by atoms with Crippen molar-refractivity contribution in [3.8, 4) is 0 Å². The highest BCUT2D eigenvalue weighted by Gasteiger charge is 2.61. The SMILES string of the molecule is CCc1cccc(SNC(=O)NCC[C@@H](C)C2CCC3C4C[C@H](CC)C5CCCCC5(C)[C@H]4CCC32C)c1. The number of urea groups is 1. The molecule has 0 bridgehead atoms. The van der Waals surface area contributed by atoms with Crippen molar-refractivity contribution >= 4 is 18.0 Å². The van der Waals surface area contributed by atoms with Gasteiger partial charge in [-0.15, -0.1) is 0 Å². The number of rotatable bonds is 8. The van der Waals surface area contributed by atoms with Crippen molar-refractivity contribution in [1.29, 1.82) is 0 Å². The van der Waals surface area contributed by atoms with Crippen LogP contribution >= 0.6 is 11.9 Å². The van der Waals surface area contributed by atoms with Gasteiger partial charge in [-0.3, -0.25) is 4.72 Å². The Morgan fingerprint density at radius 1 is 1.03 bits per heavy atom. The minimum absolute atomic E-state index is 0.0665. The summed E-state index contributed by atoms with van der Waals surface area (Å²) in [7, 11) is 0. The average molecular weight is 539 g/mol. The van der Waals surface area contributed by atoms with Crippen LogP contribution in [0.5, 0.6) is 0 Å². The van der Waals surface area contributed by atoms with E-state index in [1.54, 1.807) is 0 Å². The van der Waals surface area contributed by atoms with Crippen LogP contribution in [0.3, 0.4) is 0 Å². The summed E-state index contributed by atoms with van der Waals surface area (Å²) in [6.07, 6.45) is 16.7. The third-order valence-electron chi connectivity index (χ3n) is 12.5. The van der Waals surface area contributed by atoms with Gasteiger partial charge in [0.1, 0.15) is 0 Å². The van der Waals surface area contributed by atoms with Gasteiger partial charge in [0.25, 0.3) is 0 Å². The molecule has 1 aromatic carbocycles. The molecule has 2 N–H and O–H groups in total. The summed E-state index contributed by atoms with van der Waals surface area (Å²) < 4.78 is 2.98. The molecule has 0 spiro atoms. The zero-order valence-electron chi connectivity index (χ0n) is 24.9. The lowest BCUT2D eigenvalue weighted by Crippen LogP contribution is -2.55. The van der Waals surface area contributed by atoms with Crippen LogP contribution in [0.4, 0.5) is 4.79 Å². The zero-order valence-corrected chi connectivity index (χ0v) is 25.7. The fourth-order valence-corrected chi connectivity index (χ4v) is 11.2. The minimum Gasteiger partial charge on any atom is -0.337 e. The minimum atomic E-state index is -0.0665. The Balaban J connectivity index is 1.15. The maximum atomic E-state index is 12.5. The molecule has 6 unspecified atom stereocenters. The van der Waals surface area contributed by atoms with E-state index in [1.807, 2.05) is 0 Å². The van der Waals surface area contributed by atoms with Crippen LogP contribution in [0.25, 0.3) is 0 Å². The molecule has 4 heteroatoms. The molecule has 0 aliphatic heterocycles. The second-order valence-corrected chi connectivity index (χ2v) is 15.0. The van der Waals surface area contributed by atoms with Crippen molar-refractivity contribution in [2.24, 2.45) is 52.3 Å². The largest absolute Gasteiger partial charge is 0.337 e. The van der Waals surface area contributed by atoms with E-state index in [0.29, 0.717) is 16.7 Å². The highest BCUT2D eigenvalue weighted by atomic mass is 32.2. The molecule has 38 heavy (non-hydrogen) atoms. The number of fused-ring (bicyclic) bond motifs is 5. The second kappa shape index (κ2) is 11.8. The van der Waals surface area contributed by atoms with Crippen molar-refractivity contribution in [2.45, 2.75) is 117 Å². The van der Waals surface area contributed by atoms with E-state index in [4.69, 9.17) is 0 Å². The monoisotopic (exact) mass is 538 g/mol. The molecule has 0 aromatic heterocycles. The van der Waals surface area contributed by atoms with Crippen LogP contribution in [0.15, 0.2) is 29.2 Å². The highest BCUT2D eigenvalue weighted by molar-refractivity contribution is 7.98. The van der Waals surface area contributed by atoms with E-state index < -0.39 is 0 Å². The molecule has 212 valence electrons. The molecule has 4 aliphatic rings. The molecule has 4 saturated carbocycles. The number of hydrogen-bond acceptors (Lipinski definition) is 2. The summed E-state index contributed by atoms with van der Waals surface area (Å²) in [5, 5.41) is 3.14. The Bertz CT molecular complexity index is 966. The smallest absolute Gasteiger partial charge is 0.325 e. The quantitative estimate of drug-likeness (QED) is 0.324. The maximum Gasteiger partial charge on any atom is 0.325 e. The topological polar surface area (TPSA) is 41.1 Å². The normalized spacial score (nSPS) is 39.0. The molecule has 5 rings (SSSR count). The standard InChI is InChI=1S/C34H54N2OS/c1-6-24-11-10-12-26(21-24)38-36-32(37)35-20-17-23(3)28-14-15-30-27-22-25(7-2)29-13-8-9-18-33(29,4)31(27)16-19-34(28,30)5/h10-12,21,23,25,27-31H,6-9,13-20,22H2,1-5H3,(H2,35,36,37)/t23-,25+,27?,28?,29?,30?,31+,33?,34?/m1/s1. The summed E-state index contributed by atoms with van der Waals surface area (Å²) in [5.41, 5.74) is 2.41. The van der Waals surface area contributed by atoms with E-state index in [9.17, 15) is 4.79 Å². The Labute approximate surface area is 237 Å². The van der Waals surface area contributed by atoms with Crippen molar-refractivity contribution in [3.05, 3.63) is 29.8 Å². The van der Waals surface area contributed by atoms with Gasteiger partial charge in [-0.2, -0.15) is 0 Å². The van der Waals surface area contributed by atoms with E-state index in [-0.39, 0.29) is 6.03 Å². The molecule has 0 radical (unpaired) electrons. The molecule has 0 saturated heterocycles. The van der Waals surface area contributed by atoms with E-state index in [2.05, 4.69) is 68.9 Å². The number of carbonyl (C=O) groups is 1. The molecular weight excluding hydrogens is 484 g/mol. The van der Waals surface area contributed by atoms with Gasteiger partial charge in [-0.1, -0.05) is 66.0 Å². The van der Waals surface area contributed by atoms with Crippen molar-refractivity contribution in [3.63, 3.8) is 0 Å². The predicted octanol–water partition coefficient (Wildman–Crippen LogP) is 9.27. The summed E-state index contributed by atoms with van der Waals surface area (Å²) >= 11 is 1.41. The highest BCUT2D eigenvalue weighted by Crippen LogP contribution is 2.69. The summed E-state index contributed by atoms with van der Waals surface area (Å²) in [4.78, 5) is 13.6. The predicted molar refractivity (Wildman–Crippen MR) is 161 cm³/mol. The number of nitrogens with one attached hydrogen (secondary N) is 2. The fourth-order valence-electron chi connectivity index (χ4n) is 10.6. The van der Waals surface area contributed by atoms with E-state index in [0.717, 1.165) is 59.8 Å². The van der Waals surface area contributed by atoms with Crippen LogP contribution in [0.2, 0.25) is 0 Å².